The summed E-state index contributed by atoms with van der Waals surface area (Å²) >= 11 is -2.72. The van der Waals surface area contributed by atoms with Crippen molar-refractivity contribution < 1.29 is 18.3 Å². The highest BCUT2D eigenvalue weighted by Gasteiger charge is 2.02. The van der Waals surface area contributed by atoms with Crippen molar-refractivity contribution in [2.24, 2.45) is 0 Å². The summed E-state index contributed by atoms with van der Waals surface area (Å²) in [6.45, 7) is 0. The molecule has 0 saturated heterocycles. The summed E-state index contributed by atoms with van der Waals surface area (Å²) in [7, 11) is 0. The predicted octanol–water partition coefficient (Wildman–Crippen LogP) is -1.31. The van der Waals surface area contributed by atoms with E-state index in [4.69, 9.17) is 5.53 Å². The Kier molecular flexibility index (Phi) is 2.86. The maximum atomic E-state index is 9.64. The molecule has 0 N–H and O–H groups in total. The van der Waals surface area contributed by atoms with Crippen LogP contribution >= 0.6 is 0 Å². The van der Waals surface area contributed by atoms with Crippen LogP contribution in [0.2, 0.25) is 0 Å². The number of hydrogen-bond acceptors (Lipinski definition) is 3. The third-order valence-corrected chi connectivity index (χ3v) is 0.890. The Labute approximate surface area is 47.2 Å². The van der Waals surface area contributed by atoms with Crippen molar-refractivity contribution in [1.82, 2.24) is 0 Å². The van der Waals surface area contributed by atoms with E-state index in [1.165, 1.54) is 0 Å². The molecule has 0 fully saturated rings. The number of aldehydes is 1. The maximum Gasteiger partial charge on any atom is 0.405 e. The molecule has 0 aromatic rings. The van der Waals surface area contributed by atoms with Gasteiger partial charge in [0.15, 0.2) is 0 Å². The van der Waals surface area contributed by atoms with Crippen LogP contribution in [0.4, 0.5) is 0 Å². The average molecular weight is 133 g/mol. The number of hydrogen-bond donors (Lipinski definition) is 0. The SMILES string of the molecule is [N-]=[N+]=C(C=O)S(=O)[O-]. The average Bonchev–Trinajstić information content (AvgIpc) is 1.69. The molecule has 0 heterocycles. The first-order valence-corrected chi connectivity index (χ1v) is 2.56. The van der Waals surface area contributed by atoms with Crippen molar-refractivity contribution in [3.05, 3.63) is 5.53 Å². The quantitative estimate of drug-likeness (QED) is 0.111. The van der Waals surface area contributed by atoms with Gasteiger partial charge >= 0.3 is 5.04 Å². The van der Waals surface area contributed by atoms with E-state index in [0.29, 0.717) is 0 Å². The molecule has 0 aliphatic carbocycles. The van der Waals surface area contributed by atoms with Crippen LogP contribution in [0.5, 0.6) is 0 Å². The lowest BCUT2D eigenvalue weighted by atomic mass is 10.9. The van der Waals surface area contributed by atoms with Gasteiger partial charge in [-0.05, 0) is 0 Å². The summed E-state index contributed by atoms with van der Waals surface area (Å²) < 4.78 is 19.3. The molecule has 0 bridgehead atoms. The summed E-state index contributed by atoms with van der Waals surface area (Å²) in [5, 5.41) is -0.898. The molecular formula is C2HN2O3S-. The van der Waals surface area contributed by atoms with Crippen LogP contribution in [-0.2, 0) is 15.9 Å². The fraction of sp³-hybridized carbons (Fsp3) is 0. The van der Waals surface area contributed by atoms with Crippen LogP contribution in [0, 0.1) is 0 Å². The molecule has 6 heteroatoms. The largest absolute Gasteiger partial charge is 0.763 e. The molecule has 0 spiro atoms. The van der Waals surface area contributed by atoms with Crippen molar-refractivity contribution in [3.8, 4) is 0 Å². The van der Waals surface area contributed by atoms with Crippen LogP contribution in [0.15, 0.2) is 0 Å². The molecule has 0 aromatic heterocycles. The Hall–Kier alpha value is -0.840. The Morgan fingerprint density at radius 1 is 1.88 bits per heavy atom. The van der Waals surface area contributed by atoms with Crippen molar-refractivity contribution in [1.29, 1.82) is 0 Å². The van der Waals surface area contributed by atoms with Crippen molar-refractivity contribution in [3.63, 3.8) is 0 Å². The molecule has 0 rings (SSSR count). The second-order valence-electron chi connectivity index (χ2n) is 0.791. The molecule has 5 nitrogen and oxygen atoms in total. The van der Waals surface area contributed by atoms with Gasteiger partial charge in [0, 0.05) is 0 Å². The minimum atomic E-state index is -2.72. The molecule has 0 saturated carbocycles. The van der Waals surface area contributed by atoms with Gasteiger partial charge in [-0.3, -0.25) is 9.00 Å². The summed E-state index contributed by atoms with van der Waals surface area (Å²) in [5.41, 5.74) is 7.66. The van der Waals surface area contributed by atoms with Crippen LogP contribution < -0.4 is 0 Å². The Morgan fingerprint density at radius 3 is 2.38 bits per heavy atom. The predicted molar refractivity (Wildman–Crippen MR) is 23.6 cm³/mol. The summed E-state index contributed by atoms with van der Waals surface area (Å²) in [5.74, 6) is 0. The molecule has 1 atom stereocenters. The third kappa shape index (κ3) is 1.74. The molecule has 0 aliphatic heterocycles. The normalized spacial score (nSPS) is 11.6. The van der Waals surface area contributed by atoms with E-state index in [1.54, 1.807) is 0 Å². The smallest absolute Gasteiger partial charge is 0.405 e. The molecule has 1 unspecified atom stereocenters. The van der Waals surface area contributed by atoms with E-state index in [-0.39, 0.29) is 6.29 Å². The second-order valence-corrected chi connectivity index (χ2v) is 1.68. The lowest BCUT2D eigenvalue weighted by Crippen LogP contribution is -2.08. The van der Waals surface area contributed by atoms with E-state index in [9.17, 15) is 13.6 Å². The van der Waals surface area contributed by atoms with Crippen LogP contribution in [0.25, 0.3) is 5.53 Å². The topological polar surface area (TPSA) is 93.6 Å². The van der Waals surface area contributed by atoms with Gasteiger partial charge in [0.2, 0.25) is 6.29 Å². The number of rotatable bonds is 1. The molecule has 44 valence electrons. The minimum absolute atomic E-state index is 0.0664. The summed E-state index contributed by atoms with van der Waals surface area (Å²) in [4.78, 5) is 11.6. The van der Waals surface area contributed by atoms with Crippen LogP contribution in [-0.4, -0.2) is 24.9 Å². The first-order valence-electron chi connectivity index (χ1n) is 1.49. The summed E-state index contributed by atoms with van der Waals surface area (Å²) in [6.07, 6.45) is -0.0664. The molecular weight excluding hydrogens is 132 g/mol. The van der Waals surface area contributed by atoms with E-state index in [1.807, 2.05) is 0 Å². The van der Waals surface area contributed by atoms with Crippen molar-refractivity contribution >= 4 is 22.4 Å². The molecule has 0 aliphatic rings. The zero-order valence-electron chi connectivity index (χ0n) is 3.60. The Balaban J connectivity index is 4.37. The van der Waals surface area contributed by atoms with Crippen LogP contribution in [0.3, 0.4) is 0 Å². The van der Waals surface area contributed by atoms with E-state index >= 15 is 0 Å². The van der Waals surface area contributed by atoms with E-state index in [0.717, 1.165) is 0 Å². The highest BCUT2D eigenvalue weighted by atomic mass is 32.2. The van der Waals surface area contributed by atoms with Gasteiger partial charge in [-0.25, -0.2) is 0 Å². The highest BCUT2D eigenvalue weighted by Crippen LogP contribution is 1.68. The zero-order valence-corrected chi connectivity index (χ0v) is 4.42. The maximum absolute atomic E-state index is 9.64. The molecule has 0 aromatic carbocycles. The standard InChI is InChI=1S/C2H2N2O3S/c3-4-2(1-5)8(6)7/h1H,(H,6,7)/p-1. The first kappa shape index (κ1) is 7.16. The van der Waals surface area contributed by atoms with Crippen LogP contribution in [0.1, 0.15) is 0 Å². The van der Waals surface area contributed by atoms with Gasteiger partial charge in [-0.2, -0.15) is 4.79 Å². The Morgan fingerprint density at radius 2 is 2.38 bits per heavy atom. The Bertz CT molecular complexity index is 170. The number of nitrogens with zero attached hydrogens (tertiary/aromatic N) is 2. The number of carbonyl (C=O) groups is 1. The van der Waals surface area contributed by atoms with Gasteiger partial charge in [-0.15, -0.1) is 0 Å². The lowest BCUT2D eigenvalue weighted by Gasteiger charge is -1.87. The third-order valence-electron chi connectivity index (χ3n) is 0.370. The van der Waals surface area contributed by atoms with Gasteiger partial charge < -0.3 is 10.1 Å². The second kappa shape index (κ2) is 3.20. The van der Waals surface area contributed by atoms with Gasteiger partial charge in [0.05, 0.1) is 11.1 Å². The molecule has 0 amide bonds. The monoisotopic (exact) mass is 133 g/mol. The van der Waals surface area contributed by atoms with Gasteiger partial charge in [0.25, 0.3) is 0 Å². The number of carbonyl (C=O) groups excluding carboxylic acids is 1. The van der Waals surface area contributed by atoms with Gasteiger partial charge in [0.1, 0.15) is 0 Å². The molecule has 0 radical (unpaired) electrons. The van der Waals surface area contributed by atoms with Crippen molar-refractivity contribution in [2.75, 3.05) is 0 Å². The first-order chi connectivity index (χ1) is 3.72. The lowest BCUT2D eigenvalue weighted by molar-refractivity contribution is -0.106. The van der Waals surface area contributed by atoms with E-state index < -0.39 is 16.1 Å². The highest BCUT2D eigenvalue weighted by molar-refractivity contribution is 7.97. The van der Waals surface area contributed by atoms with E-state index in [2.05, 4.69) is 4.79 Å². The fourth-order valence-corrected chi connectivity index (χ4v) is 0.241. The fourth-order valence-electron chi connectivity index (χ4n) is 0.0962. The summed E-state index contributed by atoms with van der Waals surface area (Å²) in [6, 6.07) is 0. The zero-order chi connectivity index (χ0) is 6.57. The minimum Gasteiger partial charge on any atom is -0.763 e. The molecule has 8 heavy (non-hydrogen) atoms. The van der Waals surface area contributed by atoms with Gasteiger partial charge in [-0.1, -0.05) is 0 Å². The van der Waals surface area contributed by atoms with Crippen molar-refractivity contribution in [2.45, 2.75) is 0 Å².